The van der Waals surface area contributed by atoms with Crippen LogP contribution in [0, 0.1) is 0 Å². The monoisotopic (exact) mass is 434 g/mol. The standard InChI is InChI=1S/C23H22N4O5/c1-13(21(28)25-20-11-19(22(29)30)26-27(20)2)24-23(31)32-12-18-16-9-5-3-7-14(16)15-8-4-6-10-17(15)18/h3-11,13,18H,12H2,1-2H3,(H,24,31)(H,25,28)(H,29,30)/t13-/m1/s1. The molecule has 9 heteroatoms. The Morgan fingerprint density at radius 3 is 2.25 bits per heavy atom. The summed E-state index contributed by atoms with van der Waals surface area (Å²) in [6, 6.07) is 16.4. The van der Waals surface area contributed by atoms with Crippen LogP contribution in [0.3, 0.4) is 0 Å². The summed E-state index contributed by atoms with van der Waals surface area (Å²) in [5.41, 5.74) is 4.25. The van der Waals surface area contributed by atoms with Crippen LogP contribution in [-0.4, -0.2) is 45.5 Å². The minimum Gasteiger partial charge on any atom is -0.476 e. The molecule has 0 aliphatic heterocycles. The number of carbonyl (C=O) groups excluding carboxylic acids is 2. The summed E-state index contributed by atoms with van der Waals surface area (Å²) in [4.78, 5) is 35.7. The van der Waals surface area contributed by atoms with Crippen molar-refractivity contribution in [3.63, 3.8) is 0 Å². The summed E-state index contributed by atoms with van der Waals surface area (Å²) in [6.45, 7) is 1.64. The van der Waals surface area contributed by atoms with Gasteiger partial charge >= 0.3 is 12.1 Å². The molecule has 4 rings (SSSR count). The molecular weight excluding hydrogens is 412 g/mol. The number of alkyl carbamates (subject to hydrolysis) is 1. The van der Waals surface area contributed by atoms with Gasteiger partial charge in [0.15, 0.2) is 5.69 Å². The van der Waals surface area contributed by atoms with Crippen molar-refractivity contribution in [1.82, 2.24) is 15.1 Å². The number of anilines is 1. The van der Waals surface area contributed by atoms with Crippen LogP contribution in [0.4, 0.5) is 10.6 Å². The number of ether oxygens (including phenoxy) is 1. The van der Waals surface area contributed by atoms with Crippen molar-refractivity contribution < 1.29 is 24.2 Å². The number of aryl methyl sites for hydroxylation is 1. The Bertz CT molecular complexity index is 1160. The van der Waals surface area contributed by atoms with Crippen molar-refractivity contribution >= 4 is 23.8 Å². The number of hydrogen-bond acceptors (Lipinski definition) is 5. The van der Waals surface area contributed by atoms with Crippen molar-refractivity contribution in [2.24, 2.45) is 7.05 Å². The third-order valence-electron chi connectivity index (χ3n) is 5.42. The fraction of sp³-hybridized carbons (Fsp3) is 0.217. The largest absolute Gasteiger partial charge is 0.476 e. The van der Waals surface area contributed by atoms with E-state index in [1.54, 1.807) is 0 Å². The van der Waals surface area contributed by atoms with Crippen molar-refractivity contribution in [2.75, 3.05) is 11.9 Å². The molecule has 0 radical (unpaired) electrons. The normalized spacial score (nSPS) is 13.1. The van der Waals surface area contributed by atoms with Gasteiger partial charge in [-0.3, -0.25) is 9.48 Å². The molecule has 0 fully saturated rings. The highest BCUT2D eigenvalue weighted by Gasteiger charge is 2.29. The third kappa shape index (κ3) is 4.04. The van der Waals surface area contributed by atoms with E-state index in [1.165, 1.54) is 24.7 Å². The summed E-state index contributed by atoms with van der Waals surface area (Å²) in [5.74, 6) is -1.61. The van der Waals surface area contributed by atoms with Gasteiger partial charge in [0, 0.05) is 19.0 Å². The SMILES string of the molecule is C[C@@H](NC(=O)OCC1c2ccccc2-c2ccccc21)C(=O)Nc1cc(C(=O)O)nn1C. The number of aromatic carboxylic acids is 1. The maximum atomic E-state index is 12.4. The van der Waals surface area contributed by atoms with Crippen molar-refractivity contribution in [1.29, 1.82) is 0 Å². The predicted octanol–water partition coefficient (Wildman–Crippen LogP) is 2.98. The Morgan fingerprint density at radius 2 is 1.69 bits per heavy atom. The highest BCUT2D eigenvalue weighted by atomic mass is 16.5. The van der Waals surface area contributed by atoms with Crippen LogP contribution < -0.4 is 10.6 Å². The molecule has 1 aromatic heterocycles. The number of carbonyl (C=O) groups is 3. The molecule has 3 aromatic rings. The highest BCUT2D eigenvalue weighted by molar-refractivity contribution is 5.96. The number of carboxylic acids is 1. The van der Waals surface area contributed by atoms with E-state index in [0.717, 1.165) is 22.3 Å². The Kier molecular flexibility index (Phi) is 5.63. The number of benzene rings is 2. The Labute approximate surface area is 184 Å². The second kappa shape index (κ2) is 8.54. The molecule has 2 amide bonds. The summed E-state index contributed by atoms with van der Waals surface area (Å²) >= 11 is 0. The van der Waals surface area contributed by atoms with Crippen LogP contribution in [0.15, 0.2) is 54.6 Å². The average molecular weight is 434 g/mol. The molecular formula is C23H22N4O5. The van der Waals surface area contributed by atoms with Crippen LogP contribution in [0.25, 0.3) is 11.1 Å². The second-order valence-electron chi connectivity index (χ2n) is 7.52. The van der Waals surface area contributed by atoms with Gasteiger partial charge in [-0.25, -0.2) is 9.59 Å². The smallest absolute Gasteiger partial charge is 0.407 e. The quantitative estimate of drug-likeness (QED) is 0.548. The molecule has 3 N–H and O–H groups in total. The van der Waals surface area contributed by atoms with Gasteiger partial charge in [-0.1, -0.05) is 48.5 Å². The number of amides is 2. The fourth-order valence-corrected chi connectivity index (χ4v) is 3.81. The summed E-state index contributed by atoms with van der Waals surface area (Å²) in [6.07, 6.45) is -0.717. The summed E-state index contributed by atoms with van der Waals surface area (Å²) in [5, 5.41) is 17.8. The van der Waals surface area contributed by atoms with Crippen LogP contribution in [0.2, 0.25) is 0 Å². The van der Waals surface area contributed by atoms with Crippen LogP contribution in [0.5, 0.6) is 0 Å². The maximum Gasteiger partial charge on any atom is 0.407 e. The number of rotatable bonds is 6. The molecule has 0 saturated heterocycles. The van der Waals surface area contributed by atoms with Gasteiger partial charge in [0.2, 0.25) is 5.91 Å². The van der Waals surface area contributed by atoms with Gasteiger partial charge in [0.05, 0.1) is 0 Å². The van der Waals surface area contributed by atoms with E-state index >= 15 is 0 Å². The van der Waals surface area contributed by atoms with Gasteiger partial charge in [-0.15, -0.1) is 0 Å². The number of nitrogens with zero attached hydrogens (tertiary/aromatic N) is 2. The lowest BCUT2D eigenvalue weighted by atomic mass is 9.98. The van der Waals surface area contributed by atoms with Crippen LogP contribution in [0.1, 0.15) is 34.5 Å². The van der Waals surface area contributed by atoms with Crippen molar-refractivity contribution in [3.05, 3.63) is 71.4 Å². The summed E-state index contributed by atoms with van der Waals surface area (Å²) in [7, 11) is 1.51. The minimum atomic E-state index is -1.20. The molecule has 1 aliphatic rings. The molecule has 164 valence electrons. The van der Waals surface area contributed by atoms with Gasteiger partial charge in [0.1, 0.15) is 18.5 Å². The molecule has 1 aliphatic carbocycles. The number of fused-ring (bicyclic) bond motifs is 3. The summed E-state index contributed by atoms with van der Waals surface area (Å²) < 4.78 is 6.68. The first-order valence-electron chi connectivity index (χ1n) is 10.0. The van der Waals surface area contributed by atoms with Crippen LogP contribution in [-0.2, 0) is 16.6 Å². The highest BCUT2D eigenvalue weighted by Crippen LogP contribution is 2.44. The number of nitrogens with one attached hydrogen (secondary N) is 2. The number of carboxylic acid groups (broad SMARTS) is 1. The van der Waals surface area contributed by atoms with E-state index in [2.05, 4.69) is 27.9 Å². The lowest BCUT2D eigenvalue weighted by molar-refractivity contribution is -0.117. The van der Waals surface area contributed by atoms with E-state index in [1.807, 2.05) is 36.4 Å². The molecule has 32 heavy (non-hydrogen) atoms. The topological polar surface area (TPSA) is 123 Å². The maximum absolute atomic E-state index is 12.4. The Balaban J connectivity index is 1.36. The Morgan fingerprint density at radius 1 is 1.09 bits per heavy atom. The van der Waals surface area contributed by atoms with E-state index in [9.17, 15) is 14.4 Å². The lowest BCUT2D eigenvalue weighted by Gasteiger charge is -2.17. The zero-order chi connectivity index (χ0) is 22.8. The molecule has 9 nitrogen and oxygen atoms in total. The van der Waals surface area contributed by atoms with Gasteiger partial charge in [0.25, 0.3) is 0 Å². The van der Waals surface area contributed by atoms with Crippen molar-refractivity contribution in [3.8, 4) is 11.1 Å². The average Bonchev–Trinajstić information content (AvgIpc) is 3.30. The van der Waals surface area contributed by atoms with E-state index < -0.39 is 24.0 Å². The van der Waals surface area contributed by atoms with Crippen molar-refractivity contribution in [2.45, 2.75) is 18.9 Å². The number of aromatic nitrogens is 2. The van der Waals surface area contributed by atoms with E-state index in [4.69, 9.17) is 9.84 Å². The molecule has 0 saturated carbocycles. The van der Waals surface area contributed by atoms with Gasteiger partial charge < -0.3 is 20.5 Å². The molecule has 0 spiro atoms. The molecule has 0 bridgehead atoms. The number of hydrogen-bond donors (Lipinski definition) is 3. The Hall–Kier alpha value is -4.14. The first kappa shape index (κ1) is 21.1. The predicted molar refractivity (Wildman–Crippen MR) is 116 cm³/mol. The third-order valence-corrected chi connectivity index (χ3v) is 5.42. The fourth-order valence-electron chi connectivity index (χ4n) is 3.81. The van der Waals surface area contributed by atoms with Crippen LogP contribution >= 0.6 is 0 Å². The van der Waals surface area contributed by atoms with E-state index in [-0.39, 0.29) is 24.0 Å². The first-order chi connectivity index (χ1) is 15.3. The molecule has 1 atom stereocenters. The molecule has 1 heterocycles. The first-order valence-corrected chi connectivity index (χ1v) is 10.0. The lowest BCUT2D eigenvalue weighted by Crippen LogP contribution is -2.42. The minimum absolute atomic E-state index is 0.0823. The van der Waals surface area contributed by atoms with E-state index in [0.29, 0.717) is 0 Å². The second-order valence-corrected chi connectivity index (χ2v) is 7.52. The zero-order valence-electron chi connectivity index (χ0n) is 17.5. The molecule has 2 aromatic carbocycles. The van der Waals surface area contributed by atoms with Gasteiger partial charge in [-0.2, -0.15) is 5.10 Å². The van der Waals surface area contributed by atoms with Gasteiger partial charge in [-0.05, 0) is 29.2 Å². The zero-order valence-corrected chi connectivity index (χ0v) is 17.5. The molecule has 0 unspecified atom stereocenters.